The molecule has 0 radical (unpaired) electrons. The number of hydrogen-bond acceptors (Lipinski definition) is 4. The second-order valence-electron chi connectivity index (χ2n) is 4.60. The second-order valence-corrected chi connectivity index (χ2v) is 5.41. The molecular formula is C13H20BrN3O. The summed E-state index contributed by atoms with van der Waals surface area (Å²) in [5, 5.41) is 3.32. The van der Waals surface area contributed by atoms with Gasteiger partial charge < -0.3 is 10.1 Å². The Morgan fingerprint density at radius 1 is 1.39 bits per heavy atom. The van der Waals surface area contributed by atoms with Crippen LogP contribution in [-0.4, -0.2) is 29.7 Å². The highest BCUT2D eigenvalue weighted by Gasteiger charge is 2.27. The first kappa shape index (κ1) is 13.7. The Morgan fingerprint density at radius 3 is 2.94 bits per heavy atom. The average Bonchev–Trinajstić information content (AvgIpc) is 3.17. The van der Waals surface area contributed by atoms with Crippen molar-refractivity contribution in [2.45, 2.75) is 38.5 Å². The summed E-state index contributed by atoms with van der Waals surface area (Å²) in [5.41, 5.74) is 0. The van der Waals surface area contributed by atoms with Gasteiger partial charge in [-0.25, -0.2) is 9.97 Å². The maximum atomic E-state index is 5.43. The molecule has 1 aromatic heterocycles. The molecule has 0 unspecified atom stereocenters. The first-order chi connectivity index (χ1) is 8.79. The van der Waals surface area contributed by atoms with E-state index in [0.29, 0.717) is 5.92 Å². The van der Waals surface area contributed by atoms with E-state index < -0.39 is 0 Å². The van der Waals surface area contributed by atoms with Crippen LogP contribution >= 0.6 is 15.9 Å². The van der Waals surface area contributed by atoms with E-state index in [4.69, 9.17) is 4.74 Å². The normalized spacial score (nSPS) is 14.8. The Balaban J connectivity index is 1.74. The molecule has 100 valence electrons. The van der Waals surface area contributed by atoms with E-state index in [1.54, 1.807) is 0 Å². The second kappa shape index (κ2) is 7.04. The molecule has 1 N–H and O–H groups in total. The summed E-state index contributed by atoms with van der Waals surface area (Å²) >= 11 is 3.44. The number of nitrogens with zero attached hydrogens (tertiary/aromatic N) is 2. The molecule has 1 saturated carbocycles. The molecule has 1 heterocycles. The number of halogens is 1. The molecule has 4 nitrogen and oxygen atoms in total. The summed E-state index contributed by atoms with van der Waals surface area (Å²) in [6, 6.07) is 1.93. The van der Waals surface area contributed by atoms with Gasteiger partial charge in [0.05, 0.1) is 0 Å². The predicted octanol–water partition coefficient (Wildman–Crippen LogP) is 3.35. The molecule has 0 atom stereocenters. The number of ether oxygens (including phenoxy) is 1. The van der Waals surface area contributed by atoms with Crippen LogP contribution in [0.15, 0.2) is 10.7 Å². The first-order valence-electron chi connectivity index (χ1n) is 6.65. The van der Waals surface area contributed by atoms with Gasteiger partial charge in [-0.2, -0.15) is 0 Å². The van der Waals surface area contributed by atoms with Gasteiger partial charge in [0.1, 0.15) is 16.2 Å². The Kier molecular flexibility index (Phi) is 5.38. The van der Waals surface area contributed by atoms with Crippen molar-refractivity contribution in [3.05, 3.63) is 16.5 Å². The molecule has 0 aromatic carbocycles. The maximum absolute atomic E-state index is 5.43. The van der Waals surface area contributed by atoms with Crippen molar-refractivity contribution in [2.24, 2.45) is 0 Å². The third-order valence-corrected chi connectivity index (χ3v) is 3.18. The van der Waals surface area contributed by atoms with Crippen molar-refractivity contribution in [1.82, 2.24) is 9.97 Å². The lowest BCUT2D eigenvalue weighted by atomic mass is 10.4. The van der Waals surface area contributed by atoms with E-state index in [9.17, 15) is 0 Å². The zero-order valence-corrected chi connectivity index (χ0v) is 12.4. The van der Waals surface area contributed by atoms with Crippen molar-refractivity contribution in [1.29, 1.82) is 0 Å². The summed E-state index contributed by atoms with van der Waals surface area (Å²) in [4.78, 5) is 8.94. The van der Waals surface area contributed by atoms with E-state index in [1.165, 1.54) is 12.8 Å². The number of aromatic nitrogens is 2. The SMILES string of the molecule is CCCOCCCNc1cc(Br)nc(C2CC2)n1. The summed E-state index contributed by atoms with van der Waals surface area (Å²) in [6.45, 7) is 4.67. The Morgan fingerprint density at radius 2 is 2.22 bits per heavy atom. The summed E-state index contributed by atoms with van der Waals surface area (Å²) in [7, 11) is 0. The van der Waals surface area contributed by atoms with E-state index in [1.807, 2.05) is 6.07 Å². The highest BCUT2D eigenvalue weighted by Crippen LogP contribution is 2.38. The van der Waals surface area contributed by atoms with Gasteiger partial charge in [0, 0.05) is 31.7 Å². The van der Waals surface area contributed by atoms with Crippen LogP contribution in [-0.2, 0) is 4.74 Å². The molecule has 1 aliphatic carbocycles. The summed E-state index contributed by atoms with van der Waals surface area (Å²) < 4.78 is 6.30. The number of anilines is 1. The number of hydrogen-bond donors (Lipinski definition) is 1. The molecule has 0 amide bonds. The number of nitrogens with one attached hydrogen (secondary N) is 1. The fourth-order valence-electron chi connectivity index (χ4n) is 1.69. The minimum absolute atomic E-state index is 0.580. The minimum atomic E-state index is 0.580. The molecule has 5 heteroatoms. The smallest absolute Gasteiger partial charge is 0.135 e. The monoisotopic (exact) mass is 313 g/mol. The highest BCUT2D eigenvalue weighted by atomic mass is 79.9. The zero-order valence-electron chi connectivity index (χ0n) is 10.8. The predicted molar refractivity (Wildman–Crippen MR) is 75.9 cm³/mol. The molecular weight excluding hydrogens is 294 g/mol. The molecule has 18 heavy (non-hydrogen) atoms. The van der Waals surface area contributed by atoms with E-state index in [2.05, 4.69) is 38.1 Å². The standard InChI is InChI=1S/C13H20BrN3O/c1-2-7-18-8-3-6-15-12-9-11(14)16-13(17-12)10-4-5-10/h9-10H,2-8H2,1H3,(H,15,16,17). The average molecular weight is 314 g/mol. The third-order valence-electron chi connectivity index (χ3n) is 2.77. The summed E-state index contributed by atoms with van der Waals surface area (Å²) in [5.74, 6) is 2.46. The van der Waals surface area contributed by atoms with Gasteiger partial charge in [-0.3, -0.25) is 0 Å². The van der Waals surface area contributed by atoms with Gasteiger partial charge >= 0.3 is 0 Å². The molecule has 2 rings (SSSR count). The Bertz CT molecular complexity index is 382. The molecule has 0 saturated heterocycles. The van der Waals surface area contributed by atoms with Gasteiger partial charge in [-0.15, -0.1) is 0 Å². The molecule has 1 aromatic rings. The molecule has 0 spiro atoms. The van der Waals surface area contributed by atoms with Gasteiger partial charge in [-0.05, 0) is 41.6 Å². The maximum Gasteiger partial charge on any atom is 0.135 e. The van der Waals surface area contributed by atoms with Crippen molar-refractivity contribution >= 4 is 21.7 Å². The van der Waals surface area contributed by atoms with E-state index >= 15 is 0 Å². The lowest BCUT2D eigenvalue weighted by molar-refractivity contribution is 0.134. The van der Waals surface area contributed by atoms with Crippen LogP contribution in [0.1, 0.15) is 44.3 Å². The molecule has 0 aliphatic heterocycles. The third kappa shape index (κ3) is 4.53. The molecule has 0 bridgehead atoms. The van der Waals surface area contributed by atoms with Gasteiger partial charge in [0.15, 0.2) is 0 Å². The van der Waals surface area contributed by atoms with Crippen molar-refractivity contribution < 1.29 is 4.74 Å². The van der Waals surface area contributed by atoms with E-state index in [0.717, 1.165) is 48.8 Å². The van der Waals surface area contributed by atoms with Crippen LogP contribution in [0, 0.1) is 0 Å². The molecule has 1 fully saturated rings. The van der Waals surface area contributed by atoms with Crippen LogP contribution in [0.25, 0.3) is 0 Å². The quantitative estimate of drug-likeness (QED) is 0.590. The van der Waals surface area contributed by atoms with Crippen LogP contribution in [0.3, 0.4) is 0 Å². The van der Waals surface area contributed by atoms with Crippen LogP contribution in [0.4, 0.5) is 5.82 Å². The van der Waals surface area contributed by atoms with Crippen LogP contribution in [0.5, 0.6) is 0 Å². The Hall–Kier alpha value is -0.680. The minimum Gasteiger partial charge on any atom is -0.381 e. The van der Waals surface area contributed by atoms with Crippen LogP contribution in [0.2, 0.25) is 0 Å². The molecule has 1 aliphatic rings. The summed E-state index contributed by atoms with van der Waals surface area (Å²) in [6.07, 6.45) is 4.53. The lowest BCUT2D eigenvalue weighted by Gasteiger charge is -2.08. The van der Waals surface area contributed by atoms with Gasteiger partial charge in [0.25, 0.3) is 0 Å². The fourth-order valence-corrected chi connectivity index (χ4v) is 2.09. The zero-order chi connectivity index (χ0) is 12.8. The highest BCUT2D eigenvalue weighted by molar-refractivity contribution is 9.10. The van der Waals surface area contributed by atoms with Crippen molar-refractivity contribution in [2.75, 3.05) is 25.1 Å². The largest absolute Gasteiger partial charge is 0.381 e. The van der Waals surface area contributed by atoms with E-state index in [-0.39, 0.29) is 0 Å². The fraction of sp³-hybridized carbons (Fsp3) is 0.692. The van der Waals surface area contributed by atoms with Crippen molar-refractivity contribution in [3.63, 3.8) is 0 Å². The number of rotatable bonds is 8. The lowest BCUT2D eigenvalue weighted by Crippen LogP contribution is -2.08. The first-order valence-corrected chi connectivity index (χ1v) is 7.45. The van der Waals surface area contributed by atoms with Crippen molar-refractivity contribution in [3.8, 4) is 0 Å². The van der Waals surface area contributed by atoms with Gasteiger partial charge in [0.2, 0.25) is 0 Å². The van der Waals surface area contributed by atoms with Gasteiger partial charge in [-0.1, -0.05) is 6.92 Å². The van der Waals surface area contributed by atoms with Crippen LogP contribution < -0.4 is 5.32 Å². The Labute approximate surface area is 117 Å². The topological polar surface area (TPSA) is 47.0 Å².